The Labute approximate surface area is 366 Å². The van der Waals surface area contributed by atoms with Crippen molar-refractivity contribution in [2.24, 2.45) is 9.98 Å². The molecule has 10 nitrogen and oxygen atoms in total. The molecule has 2 N–H and O–H groups in total. The number of nitrogens with zero attached hydrogens (tertiary/aromatic N) is 8. The first-order valence-electron chi connectivity index (χ1n) is 21.1. The molecule has 304 valence electrons. The molecule has 10 aromatic rings. The van der Waals surface area contributed by atoms with Gasteiger partial charge in [0.25, 0.3) is 0 Å². The molecule has 12 heteroatoms. The fourth-order valence-electron chi connectivity index (χ4n) is 9.06. The maximum atomic E-state index is 5.01. The SMILES string of the molecule is CC.Cc1ccc(-n2c3ncccc3c3cccc(-c4ncsc4C4=NCCN4)c32)cc1-c1cc(-n2c3ncccc3c3cccc(-c4ncsc4C4=NCCN4)c32)ccc1C. The molecule has 0 unspecified atom stereocenters. The molecule has 0 spiro atoms. The summed E-state index contributed by atoms with van der Waals surface area (Å²) in [7, 11) is 0. The van der Waals surface area contributed by atoms with Crippen LogP contribution >= 0.6 is 22.7 Å². The summed E-state index contributed by atoms with van der Waals surface area (Å²) in [5.41, 5.74) is 18.4. The van der Waals surface area contributed by atoms with E-state index < -0.39 is 0 Å². The average Bonchev–Trinajstić information content (AvgIpc) is 4.18. The van der Waals surface area contributed by atoms with Gasteiger partial charge in [-0.05, 0) is 84.6 Å². The Hall–Kier alpha value is -7.02. The van der Waals surface area contributed by atoms with E-state index in [9.17, 15) is 0 Å². The molecule has 12 rings (SSSR count). The van der Waals surface area contributed by atoms with Crippen LogP contribution in [0.4, 0.5) is 0 Å². The predicted molar refractivity (Wildman–Crippen MR) is 258 cm³/mol. The molecule has 0 aliphatic carbocycles. The minimum Gasteiger partial charge on any atom is -0.367 e. The Morgan fingerprint density at radius 2 is 0.952 bits per heavy atom. The van der Waals surface area contributed by atoms with Crippen molar-refractivity contribution in [1.29, 1.82) is 0 Å². The largest absolute Gasteiger partial charge is 0.367 e. The number of hydrogen-bond acceptors (Lipinski definition) is 10. The summed E-state index contributed by atoms with van der Waals surface area (Å²) in [5, 5.41) is 11.4. The summed E-state index contributed by atoms with van der Waals surface area (Å²) in [4.78, 5) is 31.6. The number of aryl methyl sites for hydroxylation is 2. The molecule has 8 heterocycles. The molecule has 2 aliphatic heterocycles. The van der Waals surface area contributed by atoms with Gasteiger partial charge in [0.05, 0.1) is 56.3 Å². The molecule has 0 saturated heterocycles. The number of hydrogen-bond donors (Lipinski definition) is 2. The molecule has 0 amide bonds. The number of aliphatic imine (C=N–C) groups is 2. The number of thiazole rings is 2. The lowest BCUT2D eigenvalue weighted by Crippen LogP contribution is -2.19. The normalized spacial score (nSPS) is 13.7. The van der Waals surface area contributed by atoms with Crippen LogP contribution in [0.25, 0.3) is 88.9 Å². The van der Waals surface area contributed by atoms with Crippen molar-refractivity contribution in [3.63, 3.8) is 0 Å². The number of fused-ring (bicyclic) bond motifs is 6. The van der Waals surface area contributed by atoms with Gasteiger partial charge in [-0.3, -0.25) is 19.1 Å². The zero-order chi connectivity index (χ0) is 41.9. The van der Waals surface area contributed by atoms with Gasteiger partial charge in [0, 0.05) is 69.5 Å². The molecule has 0 saturated carbocycles. The number of aromatic nitrogens is 6. The van der Waals surface area contributed by atoms with E-state index in [1.54, 1.807) is 22.7 Å². The Morgan fingerprint density at radius 1 is 0.500 bits per heavy atom. The highest BCUT2D eigenvalue weighted by Crippen LogP contribution is 2.42. The topological polar surface area (TPSA) is 110 Å². The first kappa shape index (κ1) is 37.9. The minimum atomic E-state index is 0.767. The first-order chi connectivity index (χ1) is 30.6. The lowest BCUT2D eigenvalue weighted by atomic mass is 9.95. The number of para-hydroxylation sites is 2. The smallest absolute Gasteiger partial charge is 0.145 e. The van der Waals surface area contributed by atoms with E-state index >= 15 is 0 Å². The average molecular weight is 847 g/mol. The van der Waals surface area contributed by atoms with Crippen LogP contribution in [0, 0.1) is 13.8 Å². The van der Waals surface area contributed by atoms with Gasteiger partial charge < -0.3 is 10.6 Å². The number of rotatable bonds is 7. The molecule has 0 fully saturated rings. The Morgan fingerprint density at radius 3 is 1.39 bits per heavy atom. The first-order valence-corrected chi connectivity index (χ1v) is 22.8. The van der Waals surface area contributed by atoms with Gasteiger partial charge in [-0.25, -0.2) is 19.9 Å². The molecule has 0 radical (unpaired) electrons. The molecule has 62 heavy (non-hydrogen) atoms. The number of nitrogens with one attached hydrogen (secondary N) is 2. The predicted octanol–water partition coefficient (Wildman–Crippen LogP) is 10.9. The van der Waals surface area contributed by atoms with Gasteiger partial charge in [0.15, 0.2) is 0 Å². The zero-order valence-corrected chi connectivity index (χ0v) is 36.4. The van der Waals surface area contributed by atoms with Crippen LogP contribution in [0.1, 0.15) is 34.7 Å². The highest BCUT2D eigenvalue weighted by Gasteiger charge is 2.25. The van der Waals surface area contributed by atoms with Crippen molar-refractivity contribution in [2.75, 3.05) is 26.2 Å². The molecule has 2 aliphatic rings. The van der Waals surface area contributed by atoms with Crippen molar-refractivity contribution in [1.82, 2.24) is 39.7 Å². The van der Waals surface area contributed by atoms with Gasteiger partial charge in [-0.15, -0.1) is 22.7 Å². The molecule has 4 aromatic carbocycles. The van der Waals surface area contributed by atoms with E-state index in [-0.39, 0.29) is 0 Å². The van der Waals surface area contributed by atoms with E-state index in [1.165, 1.54) is 11.1 Å². The third-order valence-electron chi connectivity index (χ3n) is 11.8. The van der Waals surface area contributed by atoms with Crippen LogP contribution in [0.2, 0.25) is 0 Å². The summed E-state index contributed by atoms with van der Waals surface area (Å²) in [6.45, 7) is 11.6. The zero-order valence-electron chi connectivity index (χ0n) is 34.8. The maximum absolute atomic E-state index is 5.01. The van der Waals surface area contributed by atoms with Crippen molar-refractivity contribution < 1.29 is 0 Å². The van der Waals surface area contributed by atoms with Gasteiger partial charge in [-0.1, -0.05) is 62.4 Å². The van der Waals surface area contributed by atoms with Crippen LogP contribution in [-0.2, 0) is 0 Å². The monoisotopic (exact) mass is 846 g/mol. The third kappa shape index (κ3) is 5.96. The van der Waals surface area contributed by atoms with Crippen LogP contribution in [0.3, 0.4) is 0 Å². The van der Waals surface area contributed by atoms with Crippen LogP contribution in [0.15, 0.2) is 130 Å². The highest BCUT2D eigenvalue weighted by atomic mass is 32.1. The Kier molecular flexibility index (Phi) is 9.46. The van der Waals surface area contributed by atoms with E-state index in [4.69, 9.17) is 29.9 Å². The minimum absolute atomic E-state index is 0.767. The van der Waals surface area contributed by atoms with E-state index in [0.29, 0.717) is 0 Å². The van der Waals surface area contributed by atoms with Crippen molar-refractivity contribution in [3.05, 3.63) is 141 Å². The second kappa shape index (κ2) is 15.5. The standard InChI is InChI=1S/C48H36N10S2.C2H6/c1-27-13-15-29(57-41-31(33-11-5-17-53-47(33)57)7-3-9-35(41)39-43(59-25-55-39)45-49-19-20-50-45)23-37(27)38-24-30(16-14-28(38)2)58-42-32(34-12-6-18-54-48(34)58)8-4-10-36(42)40-44(60-26-56-40)46-51-21-22-52-46;1-2/h3-18,23-26H,19-22H2,1-2H3,(H,49,50)(H,51,52);1-2H3. The molecule has 0 bridgehead atoms. The second-order valence-electron chi connectivity index (χ2n) is 15.2. The van der Waals surface area contributed by atoms with Gasteiger partial charge >= 0.3 is 0 Å². The Balaban J connectivity index is 0.00000213. The summed E-state index contributed by atoms with van der Waals surface area (Å²) in [5.74, 6) is 1.83. The molecule has 0 atom stereocenters. The summed E-state index contributed by atoms with van der Waals surface area (Å²) in [6.07, 6.45) is 3.76. The second-order valence-corrected chi connectivity index (χ2v) is 16.9. The van der Waals surface area contributed by atoms with E-state index in [0.717, 1.165) is 136 Å². The maximum Gasteiger partial charge on any atom is 0.145 e. The van der Waals surface area contributed by atoms with Gasteiger partial charge in [-0.2, -0.15) is 0 Å². The summed E-state index contributed by atoms with van der Waals surface area (Å²) in [6, 6.07) is 34.9. The highest BCUT2D eigenvalue weighted by molar-refractivity contribution is 7.12. The Bertz CT molecular complexity index is 3210. The quantitative estimate of drug-likeness (QED) is 0.165. The number of amidine groups is 2. The van der Waals surface area contributed by atoms with Crippen molar-refractivity contribution in [3.8, 4) is 45.0 Å². The number of benzene rings is 4. The van der Waals surface area contributed by atoms with Crippen LogP contribution in [-0.4, -0.2) is 66.9 Å². The lowest BCUT2D eigenvalue weighted by molar-refractivity contribution is 0.960. The third-order valence-corrected chi connectivity index (χ3v) is 13.4. The fraction of sp³-hybridized carbons (Fsp3) is 0.160. The van der Waals surface area contributed by atoms with E-state index in [2.05, 4.69) is 119 Å². The number of pyridine rings is 2. The van der Waals surface area contributed by atoms with Crippen LogP contribution in [0.5, 0.6) is 0 Å². The van der Waals surface area contributed by atoms with Crippen molar-refractivity contribution in [2.45, 2.75) is 27.7 Å². The van der Waals surface area contributed by atoms with Gasteiger partial charge in [0.2, 0.25) is 0 Å². The fourth-order valence-corrected chi connectivity index (χ4v) is 10.6. The molecular weight excluding hydrogens is 805 g/mol. The molecule has 6 aromatic heterocycles. The molecular formula is C50H42N10S2. The van der Waals surface area contributed by atoms with E-state index in [1.807, 2.05) is 49.4 Å². The summed E-state index contributed by atoms with van der Waals surface area (Å²) >= 11 is 3.25. The van der Waals surface area contributed by atoms with Gasteiger partial charge in [0.1, 0.15) is 23.0 Å². The summed E-state index contributed by atoms with van der Waals surface area (Å²) < 4.78 is 4.63. The van der Waals surface area contributed by atoms with Crippen LogP contribution < -0.4 is 10.6 Å². The lowest BCUT2D eigenvalue weighted by Gasteiger charge is -2.17. The van der Waals surface area contributed by atoms with Crippen molar-refractivity contribution >= 4 is 78.2 Å².